The average Bonchev–Trinajstić information content (AvgIpc) is 2.60. The van der Waals surface area contributed by atoms with Crippen LogP contribution in [-0.2, 0) is 25.0 Å². The van der Waals surface area contributed by atoms with E-state index in [-0.39, 0.29) is 18.6 Å². The predicted molar refractivity (Wildman–Crippen MR) is 104 cm³/mol. The number of benzene rings is 2. The number of hydrogen-bond donors (Lipinski definition) is 0. The summed E-state index contributed by atoms with van der Waals surface area (Å²) >= 11 is 0. The van der Waals surface area contributed by atoms with E-state index in [1.165, 1.54) is 16.7 Å². The van der Waals surface area contributed by atoms with Crippen LogP contribution in [0.2, 0.25) is 0 Å². The van der Waals surface area contributed by atoms with Crippen LogP contribution in [-0.4, -0.2) is 0 Å². The SMILES string of the molecule is C=C.C=C(C)c1cccc(C)c1.CC.CCc1ccccc1.[V]. The summed E-state index contributed by atoms with van der Waals surface area (Å²) in [5.74, 6) is 0. The Kier molecular flexibility index (Phi) is 21.3. The van der Waals surface area contributed by atoms with E-state index in [0.29, 0.717) is 0 Å². The standard InChI is InChI=1S/C10H12.C8H10.C2H6.C2H4.V/c1-8(2)10-6-4-5-9(3)7-10;1-2-8-6-4-3-5-7-8;2*1-2;/h4-7H,1H2,2-3H3;3-7H,2H2,1H3;1-2H3;1-2H2;. The second kappa shape index (κ2) is 18.6. The molecule has 0 N–H and O–H groups in total. The van der Waals surface area contributed by atoms with Gasteiger partial charge in [-0.1, -0.05) is 93.1 Å². The fourth-order valence-corrected chi connectivity index (χ4v) is 1.62. The van der Waals surface area contributed by atoms with Crippen molar-refractivity contribution in [3.8, 4) is 0 Å². The molecule has 0 unspecified atom stereocenters. The van der Waals surface area contributed by atoms with Crippen molar-refractivity contribution in [2.45, 2.75) is 41.0 Å². The van der Waals surface area contributed by atoms with Crippen molar-refractivity contribution in [3.63, 3.8) is 0 Å². The molecule has 0 amide bonds. The molecule has 0 nitrogen and oxygen atoms in total. The molecule has 0 spiro atoms. The fraction of sp³-hybridized carbons (Fsp3) is 0.273. The zero-order valence-corrected chi connectivity index (χ0v) is 16.9. The average molecular weight is 347 g/mol. The molecule has 1 radical (unpaired) electrons. The molecule has 0 saturated carbocycles. The molecule has 0 aliphatic heterocycles. The maximum atomic E-state index is 3.87. The topological polar surface area (TPSA) is 0 Å². The Morgan fingerprint density at radius 3 is 1.74 bits per heavy atom. The maximum Gasteiger partial charge on any atom is 0 e. The summed E-state index contributed by atoms with van der Waals surface area (Å²) in [5.41, 5.74) is 5.07. The molecule has 0 bridgehead atoms. The zero-order chi connectivity index (χ0) is 17.4. The first-order chi connectivity index (χ1) is 10.6. The zero-order valence-electron chi connectivity index (χ0n) is 15.5. The van der Waals surface area contributed by atoms with Crippen molar-refractivity contribution in [1.29, 1.82) is 0 Å². The summed E-state index contributed by atoms with van der Waals surface area (Å²) in [6.45, 7) is 20.1. The van der Waals surface area contributed by atoms with Crippen LogP contribution < -0.4 is 0 Å². The molecule has 0 atom stereocenters. The molecular formula is C22H32V. The van der Waals surface area contributed by atoms with E-state index in [2.05, 4.69) is 82.1 Å². The summed E-state index contributed by atoms with van der Waals surface area (Å²) in [6.07, 6.45) is 1.14. The Hall–Kier alpha value is -1.50. The third-order valence-electron chi connectivity index (χ3n) is 2.76. The first kappa shape index (κ1) is 26.4. The minimum atomic E-state index is 0. The number of hydrogen-bond acceptors (Lipinski definition) is 0. The van der Waals surface area contributed by atoms with E-state index >= 15 is 0 Å². The maximum absolute atomic E-state index is 3.87. The van der Waals surface area contributed by atoms with E-state index in [1.54, 1.807) is 0 Å². The quantitative estimate of drug-likeness (QED) is 0.508. The summed E-state index contributed by atoms with van der Waals surface area (Å²) in [6, 6.07) is 18.8. The minimum Gasteiger partial charge on any atom is -0.106 e. The monoisotopic (exact) mass is 347 g/mol. The normalized spacial score (nSPS) is 7.70. The number of rotatable bonds is 2. The van der Waals surface area contributed by atoms with Gasteiger partial charge in [0.05, 0.1) is 0 Å². The summed E-state index contributed by atoms with van der Waals surface area (Å²) in [7, 11) is 0. The van der Waals surface area contributed by atoms with E-state index < -0.39 is 0 Å². The summed E-state index contributed by atoms with van der Waals surface area (Å²) < 4.78 is 0. The molecule has 23 heavy (non-hydrogen) atoms. The van der Waals surface area contributed by atoms with Gasteiger partial charge >= 0.3 is 0 Å². The van der Waals surface area contributed by atoms with Gasteiger partial charge in [0, 0.05) is 18.6 Å². The first-order valence-corrected chi connectivity index (χ1v) is 7.90. The molecule has 0 aromatic heterocycles. The molecule has 0 aliphatic carbocycles. The second-order valence-electron chi connectivity index (χ2n) is 4.49. The van der Waals surface area contributed by atoms with Crippen molar-refractivity contribution in [2.24, 2.45) is 0 Å². The Bertz CT molecular complexity index is 500. The smallest absolute Gasteiger partial charge is 0 e. The van der Waals surface area contributed by atoms with Gasteiger partial charge in [0.25, 0.3) is 0 Å². The van der Waals surface area contributed by atoms with Gasteiger partial charge in [0.1, 0.15) is 0 Å². The van der Waals surface area contributed by atoms with E-state index in [1.807, 2.05) is 26.8 Å². The first-order valence-electron chi connectivity index (χ1n) is 7.90. The predicted octanol–water partition coefficient (Wildman–Crippen LogP) is 7.10. The van der Waals surface area contributed by atoms with Crippen LogP contribution >= 0.6 is 0 Å². The molecular weight excluding hydrogens is 315 g/mol. The van der Waals surface area contributed by atoms with Gasteiger partial charge in [-0.2, -0.15) is 0 Å². The molecule has 0 aliphatic rings. The Morgan fingerprint density at radius 2 is 1.43 bits per heavy atom. The molecule has 0 heterocycles. The van der Waals surface area contributed by atoms with Gasteiger partial charge in [-0.3, -0.25) is 0 Å². The Labute approximate surface area is 156 Å². The molecule has 1 heteroatoms. The summed E-state index contributed by atoms with van der Waals surface area (Å²) in [4.78, 5) is 0. The minimum absolute atomic E-state index is 0. The number of aryl methyl sites for hydroxylation is 2. The largest absolute Gasteiger partial charge is 0.106 e. The number of allylic oxidation sites excluding steroid dienone is 1. The van der Waals surface area contributed by atoms with Crippen LogP contribution in [0.3, 0.4) is 0 Å². The van der Waals surface area contributed by atoms with Gasteiger partial charge in [0.2, 0.25) is 0 Å². The molecule has 2 aromatic rings. The van der Waals surface area contributed by atoms with E-state index in [9.17, 15) is 0 Å². The Morgan fingerprint density at radius 1 is 0.913 bits per heavy atom. The van der Waals surface area contributed by atoms with Crippen LogP contribution in [0.15, 0.2) is 74.3 Å². The van der Waals surface area contributed by atoms with Gasteiger partial charge in [0.15, 0.2) is 0 Å². The molecule has 125 valence electrons. The van der Waals surface area contributed by atoms with Crippen LogP contribution in [0.5, 0.6) is 0 Å². The molecule has 0 saturated heterocycles. The van der Waals surface area contributed by atoms with Crippen molar-refractivity contribution in [3.05, 3.63) is 91.0 Å². The van der Waals surface area contributed by atoms with Gasteiger partial charge in [-0.25, -0.2) is 0 Å². The third-order valence-corrected chi connectivity index (χ3v) is 2.76. The van der Waals surface area contributed by atoms with Gasteiger partial charge in [-0.15, -0.1) is 13.2 Å². The van der Waals surface area contributed by atoms with Crippen molar-refractivity contribution < 1.29 is 18.6 Å². The summed E-state index contributed by atoms with van der Waals surface area (Å²) in [5, 5.41) is 0. The molecule has 2 aromatic carbocycles. The van der Waals surface area contributed by atoms with E-state index in [4.69, 9.17) is 0 Å². The van der Waals surface area contributed by atoms with Gasteiger partial charge in [-0.05, 0) is 31.4 Å². The van der Waals surface area contributed by atoms with Crippen molar-refractivity contribution >= 4 is 5.57 Å². The van der Waals surface area contributed by atoms with Crippen LogP contribution in [0.1, 0.15) is 44.4 Å². The molecule has 2 rings (SSSR count). The third kappa shape index (κ3) is 13.9. The van der Waals surface area contributed by atoms with Crippen molar-refractivity contribution in [1.82, 2.24) is 0 Å². The van der Waals surface area contributed by atoms with Crippen molar-refractivity contribution in [2.75, 3.05) is 0 Å². The Balaban J connectivity index is -0.000000280. The van der Waals surface area contributed by atoms with Crippen LogP contribution in [0.25, 0.3) is 5.57 Å². The van der Waals surface area contributed by atoms with E-state index in [0.717, 1.165) is 12.0 Å². The van der Waals surface area contributed by atoms with Crippen LogP contribution in [0, 0.1) is 6.92 Å². The molecule has 0 fully saturated rings. The van der Waals surface area contributed by atoms with Gasteiger partial charge < -0.3 is 0 Å². The second-order valence-corrected chi connectivity index (χ2v) is 4.49. The van der Waals surface area contributed by atoms with Crippen LogP contribution in [0.4, 0.5) is 0 Å². The fourth-order valence-electron chi connectivity index (χ4n) is 1.62.